The van der Waals surface area contributed by atoms with Crippen LogP contribution in [0.1, 0.15) is 61.5 Å². The van der Waals surface area contributed by atoms with E-state index in [1.165, 1.54) is 6.07 Å². The maximum atomic E-state index is 15.0. The Balaban J connectivity index is 0.00000141. The zero-order chi connectivity index (χ0) is 25.0. The Kier molecular flexibility index (Phi) is 7.39. The normalized spacial score (nSPS) is 15.9. The second kappa shape index (κ2) is 10.5. The fraction of sp³-hybridized carbons (Fsp3) is 0.379. The first kappa shape index (κ1) is 24.7. The van der Waals surface area contributed by atoms with Crippen LogP contribution in [0.4, 0.5) is 4.39 Å². The van der Waals surface area contributed by atoms with Gasteiger partial charge in [-0.05, 0) is 43.4 Å². The van der Waals surface area contributed by atoms with E-state index in [9.17, 15) is 14.0 Å². The molecular formula is C29H32FNO4. The molecule has 0 bridgehead atoms. The Hall–Kier alpha value is -3.41. The van der Waals surface area contributed by atoms with Gasteiger partial charge in [0, 0.05) is 23.6 Å². The van der Waals surface area contributed by atoms with Crippen molar-refractivity contribution in [1.29, 1.82) is 0 Å². The van der Waals surface area contributed by atoms with E-state index < -0.39 is 23.2 Å². The van der Waals surface area contributed by atoms with Crippen LogP contribution in [0.15, 0.2) is 54.6 Å². The lowest BCUT2D eigenvalue weighted by molar-refractivity contribution is -0.150. The highest BCUT2D eigenvalue weighted by molar-refractivity contribution is 6.06. The Morgan fingerprint density at radius 3 is 2.17 bits per heavy atom. The summed E-state index contributed by atoms with van der Waals surface area (Å²) in [4.78, 5) is 26.7. The molecule has 2 aliphatic rings. The maximum absolute atomic E-state index is 15.0. The predicted molar refractivity (Wildman–Crippen MR) is 134 cm³/mol. The lowest BCUT2D eigenvalue weighted by Gasteiger charge is -2.30. The molecule has 1 N–H and O–H groups in total. The number of benzene rings is 3. The molecule has 0 atom stereocenters. The monoisotopic (exact) mass is 477 g/mol. The number of amides is 1. The highest BCUT2D eigenvalue weighted by Crippen LogP contribution is 2.37. The van der Waals surface area contributed by atoms with E-state index in [2.05, 4.69) is 5.32 Å². The van der Waals surface area contributed by atoms with Gasteiger partial charge in [0.25, 0.3) is 5.91 Å². The van der Waals surface area contributed by atoms with Gasteiger partial charge in [-0.25, -0.2) is 9.18 Å². The number of carbonyl (C=O) groups is 2. The molecule has 0 radical (unpaired) electrons. The molecule has 1 fully saturated rings. The Morgan fingerprint density at radius 1 is 1.00 bits per heavy atom. The highest BCUT2D eigenvalue weighted by Gasteiger charge is 2.47. The predicted octanol–water partition coefficient (Wildman–Crippen LogP) is 5.77. The van der Waals surface area contributed by atoms with E-state index in [0.717, 1.165) is 30.4 Å². The molecule has 1 saturated carbocycles. The zero-order valence-corrected chi connectivity index (χ0v) is 20.5. The molecule has 0 saturated heterocycles. The van der Waals surface area contributed by atoms with Gasteiger partial charge in [0.15, 0.2) is 0 Å². The van der Waals surface area contributed by atoms with Gasteiger partial charge in [-0.2, -0.15) is 0 Å². The minimum Gasteiger partial charge on any atom is -0.489 e. The van der Waals surface area contributed by atoms with Crippen LogP contribution in [0.25, 0.3) is 10.8 Å². The van der Waals surface area contributed by atoms with Crippen LogP contribution in [-0.2, 0) is 22.4 Å². The lowest BCUT2D eigenvalue weighted by Crippen LogP contribution is -2.56. The van der Waals surface area contributed by atoms with Crippen molar-refractivity contribution in [1.82, 2.24) is 5.32 Å². The van der Waals surface area contributed by atoms with Gasteiger partial charge in [0.2, 0.25) is 0 Å². The van der Waals surface area contributed by atoms with E-state index in [4.69, 9.17) is 9.47 Å². The first-order valence-electron chi connectivity index (χ1n) is 12.4. The van der Waals surface area contributed by atoms with Gasteiger partial charge in [0.1, 0.15) is 17.1 Å². The van der Waals surface area contributed by atoms with Crippen LogP contribution in [0.3, 0.4) is 0 Å². The number of hydrogen-bond donors (Lipinski definition) is 1. The molecule has 1 amide bonds. The van der Waals surface area contributed by atoms with E-state index in [1.807, 2.05) is 38.1 Å². The molecule has 0 unspecified atom stereocenters. The summed E-state index contributed by atoms with van der Waals surface area (Å²) in [5.41, 5.74) is 0.827. The molecule has 5 rings (SSSR count). The van der Waals surface area contributed by atoms with Gasteiger partial charge >= 0.3 is 5.97 Å². The van der Waals surface area contributed by atoms with Gasteiger partial charge in [0.05, 0.1) is 18.3 Å². The number of hydrogen-bond acceptors (Lipinski definition) is 4. The summed E-state index contributed by atoms with van der Waals surface area (Å²) in [7, 11) is 0. The Morgan fingerprint density at radius 2 is 1.60 bits per heavy atom. The lowest BCUT2D eigenvalue weighted by atomic mass is 9.94. The Bertz CT molecular complexity index is 1210. The van der Waals surface area contributed by atoms with Crippen molar-refractivity contribution in [3.63, 3.8) is 0 Å². The van der Waals surface area contributed by atoms with Crippen molar-refractivity contribution in [3.8, 4) is 5.75 Å². The SMILES string of the molecule is CC.CCOC(=O)C1(NC(=O)c2cc(F)c3ccccc3c2OC2CCC2)Cc2ccccc2C1. The molecule has 0 spiro atoms. The molecule has 2 aliphatic carbocycles. The topological polar surface area (TPSA) is 64.6 Å². The van der Waals surface area contributed by atoms with Crippen LogP contribution < -0.4 is 10.1 Å². The number of rotatable bonds is 6. The second-order valence-corrected chi connectivity index (χ2v) is 8.83. The first-order valence-corrected chi connectivity index (χ1v) is 12.4. The average molecular weight is 478 g/mol. The number of carbonyl (C=O) groups excluding carboxylic acids is 2. The molecule has 3 aromatic carbocycles. The van der Waals surface area contributed by atoms with Gasteiger partial charge in [-0.15, -0.1) is 0 Å². The molecule has 0 aliphatic heterocycles. The summed E-state index contributed by atoms with van der Waals surface area (Å²) >= 11 is 0. The standard InChI is InChI=1S/C27H26FNO4.C2H6/c1-2-32-26(31)27(15-17-8-3-4-9-18(17)16-27)29-25(30)22-14-23(28)20-12-5-6-13-21(20)24(22)33-19-10-7-11-19;1-2/h3-6,8-9,12-14,19H,2,7,10-11,15-16H2,1H3,(H,29,30);1-2H3. The third-order valence-electron chi connectivity index (χ3n) is 6.65. The summed E-state index contributed by atoms with van der Waals surface area (Å²) in [6.45, 7) is 5.94. The molecule has 184 valence electrons. The van der Waals surface area contributed by atoms with Crippen molar-refractivity contribution in [2.75, 3.05) is 6.61 Å². The van der Waals surface area contributed by atoms with Crippen molar-refractivity contribution in [2.24, 2.45) is 0 Å². The first-order chi connectivity index (χ1) is 17.0. The number of esters is 1. The minimum atomic E-state index is -1.24. The summed E-state index contributed by atoms with van der Waals surface area (Å²) in [5.74, 6) is -1.17. The fourth-order valence-electron chi connectivity index (χ4n) is 4.71. The van der Waals surface area contributed by atoms with Crippen LogP contribution in [0.5, 0.6) is 5.75 Å². The molecule has 6 heteroatoms. The number of nitrogens with one attached hydrogen (secondary N) is 1. The molecular weight excluding hydrogens is 445 g/mol. The minimum absolute atomic E-state index is 0.000157. The molecule has 0 heterocycles. The molecule has 3 aromatic rings. The van der Waals surface area contributed by atoms with Crippen molar-refractivity contribution >= 4 is 22.6 Å². The van der Waals surface area contributed by atoms with Crippen LogP contribution in [0, 0.1) is 5.82 Å². The fourth-order valence-corrected chi connectivity index (χ4v) is 4.71. The van der Waals surface area contributed by atoms with E-state index in [1.54, 1.807) is 31.2 Å². The summed E-state index contributed by atoms with van der Waals surface area (Å²) < 4.78 is 26.5. The summed E-state index contributed by atoms with van der Waals surface area (Å²) in [6.07, 6.45) is 3.50. The smallest absolute Gasteiger partial charge is 0.332 e. The van der Waals surface area contributed by atoms with E-state index in [-0.39, 0.29) is 18.3 Å². The number of halogens is 1. The highest BCUT2D eigenvalue weighted by atomic mass is 19.1. The number of fused-ring (bicyclic) bond motifs is 2. The molecule has 5 nitrogen and oxygen atoms in total. The zero-order valence-electron chi connectivity index (χ0n) is 20.5. The van der Waals surface area contributed by atoms with Gasteiger partial charge in [-0.3, -0.25) is 4.79 Å². The van der Waals surface area contributed by atoms with Gasteiger partial charge in [-0.1, -0.05) is 62.4 Å². The molecule has 0 aromatic heterocycles. The van der Waals surface area contributed by atoms with E-state index in [0.29, 0.717) is 29.4 Å². The van der Waals surface area contributed by atoms with Crippen molar-refractivity contribution in [2.45, 2.75) is 64.5 Å². The Labute approximate surface area is 205 Å². The second-order valence-electron chi connectivity index (χ2n) is 8.83. The summed E-state index contributed by atoms with van der Waals surface area (Å²) in [5, 5.41) is 3.87. The van der Waals surface area contributed by atoms with Crippen LogP contribution >= 0.6 is 0 Å². The van der Waals surface area contributed by atoms with Crippen LogP contribution in [-0.4, -0.2) is 30.1 Å². The quantitative estimate of drug-likeness (QED) is 0.458. The average Bonchev–Trinajstić information content (AvgIpc) is 3.23. The van der Waals surface area contributed by atoms with Crippen molar-refractivity contribution in [3.05, 3.63) is 77.1 Å². The van der Waals surface area contributed by atoms with Crippen LogP contribution in [0.2, 0.25) is 0 Å². The van der Waals surface area contributed by atoms with Crippen molar-refractivity contribution < 1.29 is 23.5 Å². The largest absolute Gasteiger partial charge is 0.489 e. The van der Waals surface area contributed by atoms with Gasteiger partial charge < -0.3 is 14.8 Å². The number of ether oxygens (including phenoxy) is 2. The maximum Gasteiger partial charge on any atom is 0.332 e. The summed E-state index contributed by atoms with van der Waals surface area (Å²) in [6, 6.07) is 15.9. The third kappa shape index (κ3) is 4.75. The van der Waals surface area contributed by atoms with E-state index >= 15 is 0 Å². The third-order valence-corrected chi connectivity index (χ3v) is 6.65. The molecule has 35 heavy (non-hydrogen) atoms.